The van der Waals surface area contributed by atoms with E-state index in [-0.39, 0.29) is 6.61 Å². The number of rotatable bonds is 4. The number of hydrogen-bond acceptors (Lipinski definition) is 5. The van der Waals surface area contributed by atoms with Crippen LogP contribution in [0.5, 0.6) is 0 Å². The minimum Gasteiger partial charge on any atom is -0.464 e. The average molecular weight is 283 g/mol. The first-order chi connectivity index (χ1) is 9.23. The van der Waals surface area contributed by atoms with Crippen LogP contribution in [0, 0.1) is 6.92 Å². The molecule has 6 nitrogen and oxygen atoms in total. The quantitative estimate of drug-likeness (QED) is 0.860. The molecule has 1 aromatic rings. The molecule has 20 heavy (non-hydrogen) atoms. The number of ether oxygens (including phenoxy) is 2. The second-order valence-electron chi connectivity index (χ2n) is 5.28. The summed E-state index contributed by atoms with van der Waals surface area (Å²) in [7, 11) is 0. The molecule has 0 aliphatic rings. The molecule has 0 spiro atoms. The highest BCUT2D eigenvalue weighted by Gasteiger charge is 2.29. The number of nitrogens with one attached hydrogen (secondary N) is 1. The number of amides is 1. The monoisotopic (exact) mass is 283 g/mol. The zero-order valence-corrected chi connectivity index (χ0v) is 12.5. The molecule has 1 aromatic heterocycles. The number of furan rings is 1. The van der Waals surface area contributed by atoms with E-state index in [1.807, 2.05) is 0 Å². The zero-order valence-electron chi connectivity index (χ0n) is 12.5. The lowest BCUT2D eigenvalue weighted by atomic mass is 10.2. The zero-order chi connectivity index (χ0) is 15.3. The summed E-state index contributed by atoms with van der Waals surface area (Å²) in [6.45, 7) is 8.87. The maximum absolute atomic E-state index is 11.9. The Morgan fingerprint density at radius 3 is 2.45 bits per heavy atom. The van der Waals surface area contributed by atoms with Crippen LogP contribution < -0.4 is 5.32 Å². The molecule has 0 radical (unpaired) electrons. The number of hydrogen-bond donors (Lipinski definition) is 1. The van der Waals surface area contributed by atoms with E-state index < -0.39 is 23.7 Å². The summed E-state index contributed by atoms with van der Waals surface area (Å²) in [6.07, 6.45) is -0.704. The minimum atomic E-state index is -1.02. The van der Waals surface area contributed by atoms with E-state index >= 15 is 0 Å². The Morgan fingerprint density at radius 1 is 1.35 bits per heavy atom. The van der Waals surface area contributed by atoms with Gasteiger partial charge in [0.2, 0.25) is 0 Å². The highest BCUT2D eigenvalue weighted by Crippen LogP contribution is 2.19. The first-order valence-electron chi connectivity index (χ1n) is 6.45. The van der Waals surface area contributed by atoms with Crippen molar-refractivity contribution in [3.05, 3.63) is 23.7 Å². The second-order valence-corrected chi connectivity index (χ2v) is 5.28. The van der Waals surface area contributed by atoms with Crippen LogP contribution in [0.4, 0.5) is 4.79 Å². The summed E-state index contributed by atoms with van der Waals surface area (Å²) in [5.74, 6) is 0.361. The molecule has 0 aliphatic carbocycles. The maximum atomic E-state index is 11.9. The molecule has 1 N–H and O–H groups in total. The number of aryl methyl sites for hydroxylation is 1. The summed E-state index contributed by atoms with van der Waals surface area (Å²) in [5.41, 5.74) is -0.650. The van der Waals surface area contributed by atoms with Crippen molar-refractivity contribution in [2.24, 2.45) is 0 Å². The minimum absolute atomic E-state index is 0.213. The van der Waals surface area contributed by atoms with Crippen LogP contribution in [0.2, 0.25) is 0 Å². The fourth-order valence-corrected chi connectivity index (χ4v) is 1.51. The van der Waals surface area contributed by atoms with Gasteiger partial charge in [-0.25, -0.2) is 9.59 Å². The molecule has 1 rings (SSSR count). The standard InChI is InChI=1S/C14H21NO5/c1-6-18-12(16)11(10-8-7-9(2)19-10)15-13(17)20-14(3,4)5/h7-8,11H,6H2,1-5H3,(H,15,17)/t11-/m1/s1. The lowest BCUT2D eigenvalue weighted by Gasteiger charge is -2.22. The SMILES string of the molecule is CCOC(=O)[C@H](NC(=O)OC(C)(C)C)c1ccc(C)o1. The summed E-state index contributed by atoms with van der Waals surface area (Å²) < 4.78 is 15.4. The summed E-state index contributed by atoms with van der Waals surface area (Å²) >= 11 is 0. The van der Waals surface area contributed by atoms with Gasteiger partial charge in [0.25, 0.3) is 0 Å². The normalized spacial score (nSPS) is 12.7. The van der Waals surface area contributed by atoms with Crippen LogP contribution in [0.25, 0.3) is 0 Å². The third-order valence-electron chi connectivity index (χ3n) is 2.23. The van der Waals surface area contributed by atoms with Crippen molar-refractivity contribution in [1.82, 2.24) is 5.32 Å². The van der Waals surface area contributed by atoms with Crippen molar-refractivity contribution >= 4 is 12.1 Å². The van der Waals surface area contributed by atoms with Gasteiger partial charge in [-0.15, -0.1) is 0 Å². The van der Waals surface area contributed by atoms with Gasteiger partial charge in [0.05, 0.1) is 6.61 Å². The van der Waals surface area contributed by atoms with Crippen LogP contribution in [0.15, 0.2) is 16.5 Å². The van der Waals surface area contributed by atoms with E-state index in [1.165, 1.54) is 0 Å². The topological polar surface area (TPSA) is 77.8 Å². The van der Waals surface area contributed by atoms with Gasteiger partial charge in [-0.1, -0.05) is 0 Å². The van der Waals surface area contributed by atoms with Crippen molar-refractivity contribution in [1.29, 1.82) is 0 Å². The number of esters is 1. The van der Waals surface area contributed by atoms with E-state index in [2.05, 4.69) is 5.32 Å². The Balaban J connectivity index is 2.84. The van der Waals surface area contributed by atoms with Gasteiger partial charge in [0, 0.05) is 0 Å². The van der Waals surface area contributed by atoms with E-state index in [0.29, 0.717) is 11.5 Å². The fourth-order valence-electron chi connectivity index (χ4n) is 1.51. The summed E-state index contributed by atoms with van der Waals surface area (Å²) in [6, 6.07) is 2.31. The van der Waals surface area contributed by atoms with Gasteiger partial charge in [-0.3, -0.25) is 0 Å². The summed E-state index contributed by atoms with van der Waals surface area (Å²) in [4.78, 5) is 23.7. The Kier molecular flexibility index (Phi) is 5.19. The predicted octanol–water partition coefficient (Wildman–Crippen LogP) is 2.72. The first-order valence-corrected chi connectivity index (χ1v) is 6.45. The van der Waals surface area contributed by atoms with Crippen molar-refractivity contribution in [2.75, 3.05) is 6.61 Å². The predicted molar refractivity (Wildman–Crippen MR) is 72.2 cm³/mol. The largest absolute Gasteiger partial charge is 0.464 e. The van der Waals surface area contributed by atoms with Gasteiger partial charge < -0.3 is 19.2 Å². The molecule has 0 aliphatic heterocycles. The molecule has 112 valence electrons. The van der Waals surface area contributed by atoms with Gasteiger partial charge in [-0.2, -0.15) is 0 Å². The molecule has 0 saturated carbocycles. The third-order valence-corrected chi connectivity index (χ3v) is 2.23. The van der Waals surface area contributed by atoms with Crippen molar-refractivity contribution in [2.45, 2.75) is 46.3 Å². The van der Waals surface area contributed by atoms with Gasteiger partial charge in [0.1, 0.15) is 17.1 Å². The molecule has 0 unspecified atom stereocenters. The highest BCUT2D eigenvalue weighted by atomic mass is 16.6. The molecule has 0 aromatic carbocycles. The molecule has 6 heteroatoms. The number of alkyl carbamates (subject to hydrolysis) is 1. The van der Waals surface area contributed by atoms with E-state index in [0.717, 1.165) is 0 Å². The smallest absolute Gasteiger partial charge is 0.408 e. The van der Waals surface area contributed by atoms with Crippen molar-refractivity contribution < 1.29 is 23.5 Å². The average Bonchev–Trinajstić information content (AvgIpc) is 2.70. The lowest BCUT2D eigenvalue weighted by molar-refractivity contribution is -0.146. The lowest BCUT2D eigenvalue weighted by Crippen LogP contribution is -2.38. The second kappa shape index (κ2) is 6.45. The molecule has 1 amide bonds. The Bertz CT molecular complexity index is 472. The third kappa shape index (κ3) is 4.95. The molecule has 0 fully saturated rings. The molecular weight excluding hydrogens is 262 g/mol. The fraction of sp³-hybridized carbons (Fsp3) is 0.571. The van der Waals surface area contributed by atoms with Crippen LogP contribution in [-0.4, -0.2) is 24.3 Å². The molecule has 0 saturated heterocycles. The Hall–Kier alpha value is -1.98. The van der Waals surface area contributed by atoms with E-state index in [4.69, 9.17) is 13.9 Å². The Labute approximate surface area is 118 Å². The van der Waals surface area contributed by atoms with Gasteiger partial charge in [0.15, 0.2) is 6.04 Å². The maximum Gasteiger partial charge on any atom is 0.408 e. The summed E-state index contributed by atoms with van der Waals surface area (Å²) in [5, 5.41) is 2.46. The molecule has 1 heterocycles. The van der Waals surface area contributed by atoms with Crippen LogP contribution in [0.3, 0.4) is 0 Å². The molecule has 1 atom stereocenters. The van der Waals surface area contributed by atoms with Crippen molar-refractivity contribution in [3.63, 3.8) is 0 Å². The first kappa shape index (κ1) is 16.1. The van der Waals surface area contributed by atoms with Crippen LogP contribution >= 0.6 is 0 Å². The van der Waals surface area contributed by atoms with Crippen LogP contribution in [0.1, 0.15) is 45.3 Å². The van der Waals surface area contributed by atoms with Gasteiger partial charge >= 0.3 is 12.1 Å². The number of carbonyl (C=O) groups excluding carboxylic acids is 2. The van der Waals surface area contributed by atoms with Gasteiger partial charge in [-0.05, 0) is 46.8 Å². The number of carbonyl (C=O) groups is 2. The molecular formula is C14H21NO5. The van der Waals surface area contributed by atoms with E-state index in [9.17, 15) is 9.59 Å². The highest BCUT2D eigenvalue weighted by molar-refractivity contribution is 5.82. The van der Waals surface area contributed by atoms with Crippen LogP contribution in [-0.2, 0) is 14.3 Å². The van der Waals surface area contributed by atoms with Crippen molar-refractivity contribution in [3.8, 4) is 0 Å². The van der Waals surface area contributed by atoms with E-state index in [1.54, 1.807) is 46.8 Å². The molecule has 0 bridgehead atoms. The Morgan fingerprint density at radius 2 is 2.00 bits per heavy atom.